The lowest BCUT2D eigenvalue weighted by Gasteiger charge is -2.35. The van der Waals surface area contributed by atoms with Crippen LogP contribution in [0.3, 0.4) is 0 Å². The fourth-order valence-corrected chi connectivity index (χ4v) is 4.53. The minimum Gasteiger partial charge on any atom is -0.468 e. The Balaban J connectivity index is 1.82. The maximum absolute atomic E-state index is 12.3. The van der Waals surface area contributed by atoms with Crippen molar-refractivity contribution in [3.63, 3.8) is 0 Å². The average Bonchev–Trinajstić information content (AvgIpc) is 3.45. The Kier molecular flexibility index (Phi) is 3.28. The van der Waals surface area contributed by atoms with Gasteiger partial charge in [0.1, 0.15) is 6.04 Å². The largest absolute Gasteiger partial charge is 0.468 e. The van der Waals surface area contributed by atoms with E-state index >= 15 is 0 Å². The first-order valence-electron chi connectivity index (χ1n) is 8.88. The molecule has 0 bridgehead atoms. The fourth-order valence-electron chi connectivity index (χ4n) is 4.53. The van der Waals surface area contributed by atoms with Crippen LogP contribution in [-0.2, 0) is 15.1 Å². The van der Waals surface area contributed by atoms with E-state index < -0.39 is 5.54 Å². The summed E-state index contributed by atoms with van der Waals surface area (Å²) >= 11 is 0. The molecule has 1 fully saturated rings. The van der Waals surface area contributed by atoms with Crippen molar-refractivity contribution in [1.82, 2.24) is 4.90 Å². The smallest absolute Gasteiger partial charge is 0.324 e. The zero-order valence-corrected chi connectivity index (χ0v) is 14.6. The van der Waals surface area contributed by atoms with E-state index in [4.69, 9.17) is 4.74 Å². The zero-order valence-electron chi connectivity index (χ0n) is 14.6. The summed E-state index contributed by atoms with van der Waals surface area (Å²) in [5.41, 5.74) is 5.68. The van der Waals surface area contributed by atoms with Crippen LogP contribution in [0, 0.1) is 0 Å². The predicted molar refractivity (Wildman–Crippen MR) is 101 cm³/mol. The topological polar surface area (TPSA) is 29.3 Å². The molecule has 2 aliphatic rings. The molecule has 26 heavy (non-hydrogen) atoms. The molecule has 128 valence electrons. The second-order valence-corrected chi connectivity index (χ2v) is 6.86. The number of esters is 1. The molecule has 0 radical (unpaired) electrons. The van der Waals surface area contributed by atoms with Gasteiger partial charge < -0.3 is 4.74 Å². The van der Waals surface area contributed by atoms with Crippen LogP contribution in [0.1, 0.15) is 16.7 Å². The van der Waals surface area contributed by atoms with Gasteiger partial charge in [-0.3, -0.25) is 9.69 Å². The zero-order chi connectivity index (χ0) is 17.7. The van der Waals surface area contributed by atoms with E-state index in [1.165, 1.54) is 34.9 Å². The lowest BCUT2D eigenvalue weighted by Crippen LogP contribution is -2.38. The predicted octanol–water partition coefficient (Wildman–Crippen LogP) is 3.82. The molecule has 0 N–H and O–H groups in total. The van der Waals surface area contributed by atoms with Crippen LogP contribution in [0.25, 0.3) is 11.1 Å². The standard InChI is InChI=1S/C23H19NO2/c1-26-22(25)21-15-24(21)23(16-9-3-2-4-10-16)19-13-7-5-11-17(19)18-12-6-8-14-20(18)23/h2-14,21H,15H2,1H3/t21-,24?/m0/s1. The molecule has 5 rings (SSSR count). The fraction of sp³-hybridized carbons (Fsp3) is 0.174. The highest BCUT2D eigenvalue weighted by atomic mass is 16.5. The van der Waals surface area contributed by atoms with Crippen LogP contribution in [-0.4, -0.2) is 30.6 Å². The Morgan fingerprint density at radius 1 is 0.885 bits per heavy atom. The maximum Gasteiger partial charge on any atom is 0.324 e. The monoisotopic (exact) mass is 341 g/mol. The summed E-state index contributed by atoms with van der Waals surface area (Å²) in [6.07, 6.45) is 0. The van der Waals surface area contributed by atoms with E-state index in [-0.39, 0.29) is 12.0 Å². The lowest BCUT2D eigenvalue weighted by atomic mass is 9.80. The number of carbonyl (C=O) groups excluding carboxylic acids is 1. The number of ether oxygens (including phenoxy) is 1. The molecule has 0 spiro atoms. The normalized spacial score (nSPS) is 21.6. The van der Waals surface area contributed by atoms with Crippen molar-refractivity contribution in [2.45, 2.75) is 11.6 Å². The van der Waals surface area contributed by atoms with Gasteiger partial charge in [-0.15, -0.1) is 0 Å². The van der Waals surface area contributed by atoms with Gasteiger partial charge in [-0.1, -0.05) is 78.9 Å². The summed E-state index contributed by atoms with van der Waals surface area (Å²) < 4.78 is 5.04. The highest BCUT2D eigenvalue weighted by Gasteiger charge is 2.59. The number of nitrogens with zero attached hydrogens (tertiary/aromatic N) is 1. The quantitative estimate of drug-likeness (QED) is 0.536. The van der Waals surface area contributed by atoms with E-state index in [2.05, 4.69) is 77.7 Å². The molecule has 1 aliphatic carbocycles. The van der Waals surface area contributed by atoms with Gasteiger partial charge in [-0.2, -0.15) is 0 Å². The van der Waals surface area contributed by atoms with Crippen LogP contribution < -0.4 is 0 Å². The summed E-state index contributed by atoms with van der Waals surface area (Å²) in [6.45, 7) is 0.699. The second kappa shape index (κ2) is 5.55. The molecule has 1 aliphatic heterocycles. The second-order valence-electron chi connectivity index (χ2n) is 6.86. The van der Waals surface area contributed by atoms with Gasteiger partial charge in [0.25, 0.3) is 0 Å². The first-order chi connectivity index (χ1) is 12.8. The summed E-state index contributed by atoms with van der Waals surface area (Å²) in [5, 5.41) is 0. The van der Waals surface area contributed by atoms with Crippen molar-refractivity contribution < 1.29 is 9.53 Å². The molecular formula is C23H19NO2. The van der Waals surface area contributed by atoms with E-state index in [0.717, 1.165) is 0 Å². The van der Waals surface area contributed by atoms with Crippen molar-refractivity contribution in [3.8, 4) is 11.1 Å². The van der Waals surface area contributed by atoms with Gasteiger partial charge in [0.05, 0.1) is 12.6 Å². The maximum atomic E-state index is 12.3. The molecule has 1 heterocycles. The highest BCUT2D eigenvalue weighted by Crippen LogP contribution is 2.57. The Morgan fingerprint density at radius 2 is 1.42 bits per heavy atom. The minimum absolute atomic E-state index is 0.165. The number of methoxy groups -OCH3 is 1. The van der Waals surface area contributed by atoms with Gasteiger partial charge in [0.2, 0.25) is 0 Å². The Morgan fingerprint density at radius 3 is 2.00 bits per heavy atom. The van der Waals surface area contributed by atoms with Crippen LogP contribution >= 0.6 is 0 Å². The molecule has 3 nitrogen and oxygen atoms in total. The van der Waals surface area contributed by atoms with Gasteiger partial charge in [-0.05, 0) is 27.8 Å². The molecular weight excluding hydrogens is 322 g/mol. The van der Waals surface area contributed by atoms with Gasteiger partial charge >= 0.3 is 5.97 Å². The van der Waals surface area contributed by atoms with Gasteiger partial charge in [0, 0.05) is 6.54 Å². The van der Waals surface area contributed by atoms with Crippen molar-refractivity contribution >= 4 is 5.97 Å². The molecule has 3 aromatic rings. The Hall–Kier alpha value is -2.91. The number of hydrogen-bond acceptors (Lipinski definition) is 3. The van der Waals surface area contributed by atoms with Crippen molar-refractivity contribution in [1.29, 1.82) is 0 Å². The van der Waals surface area contributed by atoms with Crippen LogP contribution in [0.5, 0.6) is 0 Å². The van der Waals surface area contributed by atoms with Crippen molar-refractivity contribution in [2.24, 2.45) is 0 Å². The third-order valence-corrected chi connectivity index (χ3v) is 5.63. The van der Waals surface area contributed by atoms with E-state index in [1.54, 1.807) is 0 Å². The molecule has 0 amide bonds. The number of rotatable bonds is 3. The third-order valence-electron chi connectivity index (χ3n) is 5.63. The Labute approximate surface area is 152 Å². The summed E-state index contributed by atoms with van der Waals surface area (Å²) in [4.78, 5) is 14.5. The lowest BCUT2D eigenvalue weighted by molar-refractivity contribution is -0.141. The van der Waals surface area contributed by atoms with E-state index in [1.807, 2.05) is 6.07 Å². The summed E-state index contributed by atoms with van der Waals surface area (Å²) in [7, 11) is 1.46. The van der Waals surface area contributed by atoms with E-state index in [9.17, 15) is 4.79 Å². The van der Waals surface area contributed by atoms with Crippen molar-refractivity contribution in [2.75, 3.05) is 13.7 Å². The SMILES string of the molecule is COC(=O)[C@@H]1CN1C1(c2ccccc2)c2ccccc2-c2ccccc21. The first-order valence-corrected chi connectivity index (χ1v) is 8.88. The molecule has 1 saturated heterocycles. The van der Waals surface area contributed by atoms with E-state index in [0.29, 0.717) is 6.54 Å². The molecule has 0 aromatic heterocycles. The average molecular weight is 341 g/mol. The van der Waals surface area contributed by atoms with Crippen molar-refractivity contribution in [3.05, 3.63) is 95.6 Å². The van der Waals surface area contributed by atoms with Gasteiger partial charge in [0.15, 0.2) is 0 Å². The number of carbonyl (C=O) groups is 1. The highest BCUT2D eigenvalue weighted by molar-refractivity contribution is 5.86. The molecule has 2 atom stereocenters. The number of benzene rings is 3. The number of fused-ring (bicyclic) bond motifs is 3. The summed E-state index contributed by atoms with van der Waals surface area (Å²) in [5.74, 6) is -0.165. The molecule has 3 heteroatoms. The van der Waals surface area contributed by atoms with Crippen LogP contribution in [0.4, 0.5) is 0 Å². The summed E-state index contributed by atoms with van der Waals surface area (Å²) in [6, 6.07) is 27.3. The molecule has 3 aromatic carbocycles. The van der Waals surface area contributed by atoms with Crippen LogP contribution in [0.2, 0.25) is 0 Å². The minimum atomic E-state index is -0.451. The van der Waals surface area contributed by atoms with Crippen LogP contribution in [0.15, 0.2) is 78.9 Å². The third kappa shape index (κ3) is 1.89. The first kappa shape index (κ1) is 15.4. The number of hydrogen-bond donors (Lipinski definition) is 0. The molecule has 0 saturated carbocycles. The van der Waals surface area contributed by atoms with Gasteiger partial charge in [-0.25, -0.2) is 0 Å². The molecule has 1 unspecified atom stereocenters. The Bertz CT molecular complexity index is 950.